The van der Waals surface area contributed by atoms with E-state index in [-0.39, 0.29) is 12.5 Å². The number of hydrogen-bond acceptors (Lipinski definition) is 5. The summed E-state index contributed by atoms with van der Waals surface area (Å²) in [6.45, 7) is 5.83. The number of carbonyl (C=O) groups excluding carboxylic acids is 1. The highest BCUT2D eigenvalue weighted by Gasteiger charge is 2.23. The maximum Gasteiger partial charge on any atom is 0.241 e. The number of nitrogens with zero attached hydrogens (tertiary/aromatic N) is 4. The second-order valence-corrected chi connectivity index (χ2v) is 8.21. The number of rotatable bonds is 6. The smallest absolute Gasteiger partial charge is 0.241 e. The summed E-state index contributed by atoms with van der Waals surface area (Å²) in [6, 6.07) is 14.4. The first-order chi connectivity index (χ1) is 15.1. The fraction of sp³-hybridized carbons (Fsp3) is 0.360. The molecule has 0 aliphatic carbocycles. The van der Waals surface area contributed by atoms with Gasteiger partial charge in [-0.3, -0.25) is 9.78 Å². The van der Waals surface area contributed by atoms with Crippen molar-refractivity contribution in [1.29, 1.82) is 0 Å². The lowest BCUT2D eigenvalue weighted by Gasteiger charge is -2.32. The van der Waals surface area contributed by atoms with E-state index in [2.05, 4.69) is 50.6 Å². The number of pyridine rings is 1. The Morgan fingerprint density at radius 2 is 1.74 bits per heavy atom. The van der Waals surface area contributed by atoms with E-state index in [1.807, 2.05) is 30.9 Å². The van der Waals surface area contributed by atoms with Crippen LogP contribution >= 0.6 is 0 Å². The molecule has 1 fully saturated rings. The third-order valence-electron chi connectivity index (χ3n) is 6.07. The maximum absolute atomic E-state index is 12.8. The van der Waals surface area contributed by atoms with Gasteiger partial charge in [-0.05, 0) is 56.7 Å². The molecule has 31 heavy (non-hydrogen) atoms. The quantitative estimate of drug-likeness (QED) is 0.658. The fourth-order valence-corrected chi connectivity index (χ4v) is 4.04. The summed E-state index contributed by atoms with van der Waals surface area (Å²) in [5, 5.41) is 3.25. The molecule has 1 aliphatic rings. The van der Waals surface area contributed by atoms with Gasteiger partial charge in [-0.15, -0.1) is 0 Å². The Hall–Kier alpha value is -3.28. The molecule has 0 spiro atoms. The Kier molecular flexibility index (Phi) is 6.55. The number of hydrogen-bond donors (Lipinski definition) is 1. The summed E-state index contributed by atoms with van der Waals surface area (Å²) in [5.41, 5.74) is 4.16. The number of carbonyl (C=O) groups is 1. The van der Waals surface area contributed by atoms with Crippen LogP contribution in [-0.4, -0.2) is 45.4 Å². The van der Waals surface area contributed by atoms with Crippen molar-refractivity contribution in [2.24, 2.45) is 5.92 Å². The molecule has 3 aromatic rings. The molecule has 1 saturated heterocycles. The van der Waals surface area contributed by atoms with Crippen molar-refractivity contribution in [3.05, 3.63) is 71.7 Å². The highest BCUT2D eigenvalue weighted by Crippen LogP contribution is 2.23. The monoisotopic (exact) mass is 415 g/mol. The van der Waals surface area contributed by atoms with E-state index in [0.717, 1.165) is 49.2 Å². The predicted octanol–water partition coefficient (Wildman–Crippen LogP) is 4.05. The van der Waals surface area contributed by atoms with Gasteiger partial charge >= 0.3 is 0 Å². The van der Waals surface area contributed by atoms with Gasteiger partial charge in [0.15, 0.2) is 5.82 Å². The lowest BCUT2D eigenvalue weighted by Crippen LogP contribution is -2.41. The molecule has 6 nitrogen and oxygen atoms in total. The van der Waals surface area contributed by atoms with E-state index < -0.39 is 0 Å². The number of aryl methyl sites for hydroxylation is 1. The Balaban J connectivity index is 1.33. The molecule has 1 amide bonds. The van der Waals surface area contributed by atoms with Crippen LogP contribution in [0.5, 0.6) is 0 Å². The lowest BCUT2D eigenvalue weighted by molar-refractivity contribution is -0.130. The number of piperidine rings is 1. The molecule has 6 heteroatoms. The van der Waals surface area contributed by atoms with Crippen LogP contribution in [0, 0.1) is 19.8 Å². The van der Waals surface area contributed by atoms with Crippen molar-refractivity contribution in [3.63, 3.8) is 0 Å². The minimum absolute atomic E-state index is 0.124. The van der Waals surface area contributed by atoms with Crippen LogP contribution in [0.4, 0.5) is 5.82 Å². The first-order valence-electron chi connectivity index (χ1n) is 10.9. The van der Waals surface area contributed by atoms with Crippen molar-refractivity contribution < 1.29 is 4.79 Å². The molecule has 0 unspecified atom stereocenters. The number of amides is 1. The zero-order valence-electron chi connectivity index (χ0n) is 18.2. The number of benzene rings is 1. The number of likely N-dealkylation sites (tertiary alicyclic amines) is 1. The largest absolute Gasteiger partial charge is 0.361 e. The molecule has 3 heterocycles. The molecule has 0 atom stereocenters. The van der Waals surface area contributed by atoms with E-state index in [1.54, 1.807) is 12.4 Å². The molecule has 1 N–H and O–H groups in total. The molecular formula is C25H29N5O. The van der Waals surface area contributed by atoms with Gasteiger partial charge in [-0.25, -0.2) is 9.97 Å². The second-order valence-electron chi connectivity index (χ2n) is 8.21. The predicted molar refractivity (Wildman–Crippen MR) is 123 cm³/mol. The third kappa shape index (κ3) is 5.26. The van der Waals surface area contributed by atoms with Crippen LogP contribution in [-0.2, 0) is 11.2 Å². The zero-order valence-corrected chi connectivity index (χ0v) is 18.2. The normalized spacial score (nSPS) is 14.5. The summed E-state index contributed by atoms with van der Waals surface area (Å²) in [5.74, 6) is 2.13. The zero-order chi connectivity index (χ0) is 21.6. The third-order valence-corrected chi connectivity index (χ3v) is 6.07. The number of anilines is 1. The van der Waals surface area contributed by atoms with Crippen LogP contribution in [0.3, 0.4) is 0 Å². The molecule has 1 aromatic carbocycles. The van der Waals surface area contributed by atoms with Gasteiger partial charge in [0.1, 0.15) is 5.82 Å². The van der Waals surface area contributed by atoms with Gasteiger partial charge in [0.05, 0.1) is 6.54 Å². The van der Waals surface area contributed by atoms with E-state index >= 15 is 0 Å². The maximum atomic E-state index is 12.8. The highest BCUT2D eigenvalue weighted by molar-refractivity contribution is 5.81. The van der Waals surface area contributed by atoms with Crippen molar-refractivity contribution in [2.75, 3.05) is 25.0 Å². The summed E-state index contributed by atoms with van der Waals surface area (Å²) >= 11 is 0. The molecule has 160 valence electrons. The molecule has 0 saturated carbocycles. The average Bonchev–Trinajstić information content (AvgIpc) is 2.81. The first kappa shape index (κ1) is 21.0. The van der Waals surface area contributed by atoms with Gasteiger partial charge in [-0.1, -0.05) is 30.3 Å². The van der Waals surface area contributed by atoms with Crippen molar-refractivity contribution >= 4 is 11.7 Å². The fourth-order valence-electron chi connectivity index (χ4n) is 4.04. The Morgan fingerprint density at radius 1 is 1.03 bits per heavy atom. The highest BCUT2D eigenvalue weighted by atomic mass is 16.2. The molecular weight excluding hydrogens is 386 g/mol. The van der Waals surface area contributed by atoms with Crippen LogP contribution < -0.4 is 5.32 Å². The number of aromatic nitrogens is 3. The molecule has 0 bridgehead atoms. The van der Waals surface area contributed by atoms with Crippen molar-refractivity contribution in [2.45, 2.75) is 33.1 Å². The summed E-state index contributed by atoms with van der Waals surface area (Å²) in [7, 11) is 0. The summed E-state index contributed by atoms with van der Waals surface area (Å²) < 4.78 is 0. The van der Waals surface area contributed by atoms with E-state index in [0.29, 0.717) is 17.6 Å². The van der Waals surface area contributed by atoms with Crippen LogP contribution in [0.2, 0.25) is 0 Å². The Labute approximate surface area is 183 Å². The van der Waals surface area contributed by atoms with Crippen LogP contribution in [0.15, 0.2) is 54.9 Å². The van der Waals surface area contributed by atoms with Gasteiger partial charge in [0.25, 0.3) is 0 Å². The Bertz CT molecular complexity index is 1010. The van der Waals surface area contributed by atoms with E-state index in [1.165, 1.54) is 5.56 Å². The number of nitrogens with one attached hydrogen (secondary N) is 1. The average molecular weight is 416 g/mol. The standard InChI is InChI=1S/C25H29N5O/c1-18-19(2)28-25(22-8-12-26-13-9-22)29-24(18)27-17-23(31)30-14-10-21(11-15-30)16-20-6-4-3-5-7-20/h3-9,12-13,21H,10-11,14-17H2,1-2H3,(H,27,28,29). The van der Waals surface area contributed by atoms with Gasteiger partial charge in [0.2, 0.25) is 5.91 Å². The lowest BCUT2D eigenvalue weighted by atomic mass is 9.90. The second kappa shape index (κ2) is 9.69. The van der Waals surface area contributed by atoms with Gasteiger partial charge in [0, 0.05) is 42.3 Å². The molecule has 0 radical (unpaired) electrons. The van der Waals surface area contributed by atoms with Crippen molar-refractivity contribution in [1.82, 2.24) is 19.9 Å². The van der Waals surface area contributed by atoms with E-state index in [9.17, 15) is 4.79 Å². The molecule has 1 aliphatic heterocycles. The summed E-state index contributed by atoms with van der Waals surface area (Å²) in [4.78, 5) is 28.1. The summed E-state index contributed by atoms with van der Waals surface area (Å²) in [6.07, 6.45) is 6.66. The topological polar surface area (TPSA) is 71.0 Å². The minimum atomic E-state index is 0.124. The molecule has 4 rings (SSSR count). The van der Waals surface area contributed by atoms with Gasteiger partial charge in [-0.2, -0.15) is 0 Å². The van der Waals surface area contributed by atoms with Crippen LogP contribution in [0.1, 0.15) is 29.7 Å². The first-order valence-corrected chi connectivity index (χ1v) is 10.9. The minimum Gasteiger partial charge on any atom is -0.361 e. The SMILES string of the molecule is Cc1nc(-c2ccncc2)nc(NCC(=O)N2CCC(Cc3ccccc3)CC2)c1C. The van der Waals surface area contributed by atoms with Crippen LogP contribution in [0.25, 0.3) is 11.4 Å². The van der Waals surface area contributed by atoms with Gasteiger partial charge < -0.3 is 10.2 Å². The van der Waals surface area contributed by atoms with E-state index in [4.69, 9.17) is 0 Å². The Morgan fingerprint density at radius 3 is 2.45 bits per heavy atom. The molecule has 2 aromatic heterocycles. The van der Waals surface area contributed by atoms with Crippen molar-refractivity contribution in [3.8, 4) is 11.4 Å².